The molecule has 18 heavy (non-hydrogen) atoms. The van der Waals surface area contributed by atoms with Crippen LogP contribution in [0.15, 0.2) is 40.9 Å². The smallest absolute Gasteiger partial charge is 0.153 e. The highest BCUT2D eigenvalue weighted by Crippen LogP contribution is 2.17. The van der Waals surface area contributed by atoms with Crippen LogP contribution in [0.25, 0.3) is 0 Å². The Kier molecular flexibility index (Phi) is 4.53. The summed E-state index contributed by atoms with van der Waals surface area (Å²) in [5, 5.41) is 4.08. The Bertz CT molecular complexity index is 464. The molecule has 1 aromatic heterocycles. The first kappa shape index (κ1) is 12.8. The summed E-state index contributed by atoms with van der Waals surface area (Å²) in [7, 11) is 0. The van der Waals surface area contributed by atoms with E-state index in [-0.39, 0.29) is 6.04 Å². The van der Waals surface area contributed by atoms with Gasteiger partial charge in [-0.2, -0.15) is 0 Å². The first-order chi connectivity index (χ1) is 8.79. The zero-order valence-electron chi connectivity index (χ0n) is 10.8. The van der Waals surface area contributed by atoms with Gasteiger partial charge in [0.25, 0.3) is 0 Å². The Balaban J connectivity index is 1.91. The lowest BCUT2D eigenvalue weighted by molar-refractivity contribution is 0.350. The molecule has 1 unspecified atom stereocenters. The Morgan fingerprint density at radius 3 is 2.72 bits per heavy atom. The second-order valence-corrected chi connectivity index (χ2v) is 4.60. The number of aromatic nitrogens is 1. The van der Waals surface area contributed by atoms with Gasteiger partial charge in [-0.05, 0) is 24.8 Å². The van der Waals surface area contributed by atoms with Crippen LogP contribution in [0.1, 0.15) is 42.8 Å². The van der Waals surface area contributed by atoms with Crippen LogP contribution in [-0.4, -0.2) is 5.16 Å². The van der Waals surface area contributed by atoms with Crippen molar-refractivity contribution < 1.29 is 4.52 Å². The van der Waals surface area contributed by atoms with Crippen molar-refractivity contribution in [2.45, 2.75) is 38.6 Å². The van der Waals surface area contributed by atoms with Crippen LogP contribution in [0.5, 0.6) is 0 Å². The summed E-state index contributed by atoms with van der Waals surface area (Å²) in [6.45, 7) is 2.12. The number of nitrogens with zero attached hydrogens (tertiary/aromatic N) is 1. The predicted molar refractivity (Wildman–Crippen MR) is 72.2 cm³/mol. The van der Waals surface area contributed by atoms with E-state index >= 15 is 0 Å². The van der Waals surface area contributed by atoms with Gasteiger partial charge in [0.2, 0.25) is 0 Å². The Morgan fingerprint density at radius 1 is 1.22 bits per heavy atom. The largest absolute Gasteiger partial charge is 0.359 e. The number of aryl methyl sites for hydroxylation is 2. The fourth-order valence-electron chi connectivity index (χ4n) is 1.99. The molecule has 0 aliphatic carbocycles. The zero-order chi connectivity index (χ0) is 12.8. The van der Waals surface area contributed by atoms with Gasteiger partial charge in [-0.15, -0.1) is 0 Å². The van der Waals surface area contributed by atoms with Gasteiger partial charge in [0, 0.05) is 6.07 Å². The van der Waals surface area contributed by atoms with Crippen LogP contribution >= 0.6 is 0 Å². The average Bonchev–Trinajstić information content (AvgIpc) is 2.87. The van der Waals surface area contributed by atoms with Crippen LogP contribution in [0.4, 0.5) is 0 Å². The fourth-order valence-corrected chi connectivity index (χ4v) is 1.99. The Labute approximate surface area is 108 Å². The molecule has 3 nitrogen and oxygen atoms in total. The van der Waals surface area contributed by atoms with Gasteiger partial charge in [0.1, 0.15) is 0 Å². The molecular weight excluding hydrogens is 224 g/mol. The minimum atomic E-state index is -0.0204. The molecule has 3 heteroatoms. The van der Waals surface area contributed by atoms with E-state index in [4.69, 9.17) is 10.3 Å². The molecule has 2 rings (SSSR count). The lowest BCUT2D eigenvalue weighted by Gasteiger charge is -2.03. The normalized spacial score (nSPS) is 12.6. The van der Waals surface area contributed by atoms with Crippen LogP contribution in [-0.2, 0) is 12.8 Å². The van der Waals surface area contributed by atoms with Crippen molar-refractivity contribution in [3.05, 3.63) is 53.4 Å². The maximum Gasteiger partial charge on any atom is 0.153 e. The summed E-state index contributed by atoms with van der Waals surface area (Å²) in [6, 6.07) is 12.4. The molecule has 2 aromatic rings. The number of rotatable bonds is 6. The molecule has 0 radical (unpaired) electrons. The molecular formula is C15H20N2O. The number of hydrogen-bond donors (Lipinski definition) is 1. The topological polar surface area (TPSA) is 52.0 Å². The monoisotopic (exact) mass is 244 g/mol. The van der Waals surface area contributed by atoms with E-state index in [1.807, 2.05) is 12.1 Å². The maximum absolute atomic E-state index is 5.99. The van der Waals surface area contributed by atoms with Crippen LogP contribution in [0.3, 0.4) is 0 Å². The standard InChI is InChI=1S/C15H20N2O/c1-2-6-14(16)15-11-13(17-18-15)10-9-12-7-4-3-5-8-12/h3-5,7-8,11,14H,2,6,9-10,16H2,1H3. The van der Waals surface area contributed by atoms with E-state index in [1.54, 1.807) is 0 Å². The van der Waals surface area contributed by atoms with Crippen molar-refractivity contribution in [1.82, 2.24) is 5.16 Å². The molecule has 1 aromatic carbocycles. The SMILES string of the molecule is CCCC(N)c1cc(CCc2ccccc2)no1. The third kappa shape index (κ3) is 3.44. The van der Waals surface area contributed by atoms with E-state index in [0.29, 0.717) is 0 Å². The van der Waals surface area contributed by atoms with E-state index in [9.17, 15) is 0 Å². The van der Waals surface area contributed by atoms with Gasteiger partial charge in [0.15, 0.2) is 5.76 Å². The van der Waals surface area contributed by atoms with E-state index < -0.39 is 0 Å². The molecule has 1 atom stereocenters. The third-order valence-corrected chi connectivity index (χ3v) is 3.05. The van der Waals surface area contributed by atoms with Gasteiger partial charge in [-0.1, -0.05) is 48.8 Å². The summed E-state index contributed by atoms with van der Waals surface area (Å²) in [5.41, 5.74) is 8.30. The zero-order valence-corrected chi connectivity index (χ0v) is 10.8. The number of benzene rings is 1. The van der Waals surface area contributed by atoms with Gasteiger partial charge >= 0.3 is 0 Å². The number of nitrogens with two attached hydrogens (primary N) is 1. The molecule has 0 fully saturated rings. The van der Waals surface area contributed by atoms with Gasteiger partial charge in [-0.3, -0.25) is 0 Å². The van der Waals surface area contributed by atoms with Crippen molar-refractivity contribution in [1.29, 1.82) is 0 Å². The van der Waals surface area contributed by atoms with Crippen LogP contribution in [0.2, 0.25) is 0 Å². The Morgan fingerprint density at radius 2 is 2.00 bits per heavy atom. The van der Waals surface area contributed by atoms with Crippen molar-refractivity contribution in [2.75, 3.05) is 0 Å². The van der Waals surface area contributed by atoms with Crippen molar-refractivity contribution in [3.63, 3.8) is 0 Å². The molecule has 0 bridgehead atoms. The molecule has 0 aliphatic heterocycles. The molecule has 0 saturated heterocycles. The molecule has 96 valence electrons. The third-order valence-electron chi connectivity index (χ3n) is 3.05. The summed E-state index contributed by atoms with van der Waals surface area (Å²) in [5.74, 6) is 0.805. The van der Waals surface area contributed by atoms with E-state index in [2.05, 4.69) is 36.3 Å². The van der Waals surface area contributed by atoms with Gasteiger partial charge in [0.05, 0.1) is 11.7 Å². The van der Waals surface area contributed by atoms with Gasteiger partial charge < -0.3 is 10.3 Å². The van der Waals surface area contributed by atoms with Crippen molar-refractivity contribution >= 4 is 0 Å². The summed E-state index contributed by atoms with van der Waals surface area (Å²) in [4.78, 5) is 0. The molecule has 0 amide bonds. The minimum absolute atomic E-state index is 0.0204. The highest BCUT2D eigenvalue weighted by Gasteiger charge is 2.11. The maximum atomic E-state index is 5.99. The lowest BCUT2D eigenvalue weighted by atomic mass is 10.1. The van der Waals surface area contributed by atoms with Crippen LogP contribution < -0.4 is 5.73 Å². The van der Waals surface area contributed by atoms with E-state index in [1.165, 1.54) is 5.56 Å². The van der Waals surface area contributed by atoms with Gasteiger partial charge in [-0.25, -0.2) is 0 Å². The molecule has 1 heterocycles. The molecule has 2 N–H and O–H groups in total. The summed E-state index contributed by atoms with van der Waals surface area (Å²) < 4.78 is 5.29. The second kappa shape index (κ2) is 6.36. The van der Waals surface area contributed by atoms with Crippen molar-refractivity contribution in [3.8, 4) is 0 Å². The first-order valence-electron chi connectivity index (χ1n) is 6.54. The molecule has 0 spiro atoms. The Hall–Kier alpha value is -1.61. The fraction of sp³-hybridized carbons (Fsp3) is 0.400. The predicted octanol–water partition coefficient (Wildman–Crippen LogP) is 3.26. The average molecular weight is 244 g/mol. The van der Waals surface area contributed by atoms with Crippen molar-refractivity contribution in [2.24, 2.45) is 5.73 Å². The second-order valence-electron chi connectivity index (χ2n) is 4.60. The number of hydrogen-bond acceptors (Lipinski definition) is 3. The highest BCUT2D eigenvalue weighted by atomic mass is 16.5. The lowest BCUT2D eigenvalue weighted by Crippen LogP contribution is -2.08. The summed E-state index contributed by atoms with van der Waals surface area (Å²) in [6.07, 6.45) is 3.87. The summed E-state index contributed by atoms with van der Waals surface area (Å²) >= 11 is 0. The molecule has 0 aliphatic rings. The quantitative estimate of drug-likeness (QED) is 0.848. The highest BCUT2D eigenvalue weighted by molar-refractivity contribution is 5.17. The molecule has 0 saturated carbocycles. The minimum Gasteiger partial charge on any atom is -0.359 e. The first-order valence-corrected chi connectivity index (χ1v) is 6.54. The van der Waals surface area contributed by atoms with E-state index in [0.717, 1.165) is 37.1 Å². The van der Waals surface area contributed by atoms with Crippen LogP contribution in [0, 0.1) is 0 Å².